The first-order chi connectivity index (χ1) is 13.2. The standard InChI is InChI=1S/C21H31N3O3/c22-14-18-4-6-20(7-5-18)27-16-19(25)15-23-17-21(8-2-1-3-9-21)24-10-12-26-13-11-24/h4-7,19,23,25H,1-3,8-13,15-17H2/t19-/m0/s1. The minimum absolute atomic E-state index is 0.204. The zero-order chi connectivity index (χ0) is 19.0. The number of nitrogens with zero attached hydrogens (tertiary/aromatic N) is 2. The molecule has 1 saturated heterocycles. The van der Waals surface area contributed by atoms with Crippen molar-refractivity contribution < 1.29 is 14.6 Å². The largest absolute Gasteiger partial charge is 0.491 e. The first-order valence-electron chi connectivity index (χ1n) is 10.1. The molecule has 1 aliphatic carbocycles. The lowest BCUT2D eigenvalue weighted by atomic mass is 9.79. The number of aliphatic hydroxyl groups excluding tert-OH is 1. The number of ether oxygens (including phenoxy) is 2. The Morgan fingerprint density at radius 1 is 1.19 bits per heavy atom. The van der Waals surface area contributed by atoms with Gasteiger partial charge in [0, 0.05) is 31.7 Å². The minimum Gasteiger partial charge on any atom is -0.491 e. The highest BCUT2D eigenvalue weighted by molar-refractivity contribution is 5.34. The number of hydrogen-bond donors (Lipinski definition) is 2. The summed E-state index contributed by atoms with van der Waals surface area (Å²) >= 11 is 0. The molecule has 1 saturated carbocycles. The molecule has 6 nitrogen and oxygen atoms in total. The van der Waals surface area contributed by atoms with E-state index in [1.807, 2.05) is 0 Å². The van der Waals surface area contributed by atoms with Gasteiger partial charge in [-0.25, -0.2) is 0 Å². The molecule has 1 aromatic carbocycles. The molecule has 1 aliphatic heterocycles. The summed E-state index contributed by atoms with van der Waals surface area (Å²) in [6.07, 6.45) is 5.77. The van der Waals surface area contributed by atoms with Crippen LogP contribution in [0.2, 0.25) is 0 Å². The van der Waals surface area contributed by atoms with Crippen molar-refractivity contribution in [1.82, 2.24) is 10.2 Å². The Morgan fingerprint density at radius 2 is 1.89 bits per heavy atom. The molecular formula is C21H31N3O3. The van der Waals surface area contributed by atoms with E-state index in [4.69, 9.17) is 14.7 Å². The van der Waals surface area contributed by atoms with Crippen LogP contribution in [0, 0.1) is 11.3 Å². The molecule has 2 fully saturated rings. The number of nitriles is 1. The van der Waals surface area contributed by atoms with E-state index in [-0.39, 0.29) is 12.1 Å². The maximum atomic E-state index is 10.3. The first-order valence-corrected chi connectivity index (χ1v) is 10.1. The molecule has 2 aliphatic rings. The summed E-state index contributed by atoms with van der Waals surface area (Å²) in [4.78, 5) is 2.60. The Balaban J connectivity index is 1.44. The molecule has 148 valence electrons. The normalized spacial score (nSPS) is 21.3. The predicted octanol–water partition coefficient (Wildman–Crippen LogP) is 1.92. The molecule has 1 aromatic rings. The second-order valence-electron chi connectivity index (χ2n) is 7.62. The summed E-state index contributed by atoms with van der Waals surface area (Å²) in [5.41, 5.74) is 0.806. The molecule has 27 heavy (non-hydrogen) atoms. The van der Waals surface area contributed by atoms with E-state index in [1.54, 1.807) is 24.3 Å². The van der Waals surface area contributed by atoms with E-state index < -0.39 is 6.10 Å². The van der Waals surface area contributed by atoms with Gasteiger partial charge in [0.05, 0.1) is 24.8 Å². The second-order valence-corrected chi connectivity index (χ2v) is 7.62. The second kappa shape index (κ2) is 10.0. The van der Waals surface area contributed by atoms with E-state index >= 15 is 0 Å². The molecule has 1 atom stereocenters. The Morgan fingerprint density at radius 3 is 2.56 bits per heavy atom. The van der Waals surface area contributed by atoms with Gasteiger partial charge >= 0.3 is 0 Å². The molecule has 0 spiro atoms. The SMILES string of the molecule is N#Cc1ccc(OC[C@@H](O)CNCC2(N3CCOCC3)CCCCC2)cc1. The third-order valence-electron chi connectivity index (χ3n) is 5.73. The smallest absolute Gasteiger partial charge is 0.119 e. The van der Waals surface area contributed by atoms with Gasteiger partial charge in [-0.05, 0) is 37.1 Å². The fourth-order valence-electron chi connectivity index (χ4n) is 4.20. The van der Waals surface area contributed by atoms with Crippen LogP contribution in [0.3, 0.4) is 0 Å². The monoisotopic (exact) mass is 373 g/mol. The molecule has 0 bridgehead atoms. The molecule has 2 N–H and O–H groups in total. The van der Waals surface area contributed by atoms with Crippen molar-refractivity contribution >= 4 is 0 Å². The summed E-state index contributed by atoms with van der Waals surface area (Å²) in [6, 6.07) is 9.03. The van der Waals surface area contributed by atoms with Crippen molar-refractivity contribution in [1.29, 1.82) is 5.26 Å². The van der Waals surface area contributed by atoms with Crippen LogP contribution in [0.1, 0.15) is 37.7 Å². The third-order valence-corrected chi connectivity index (χ3v) is 5.73. The van der Waals surface area contributed by atoms with Crippen molar-refractivity contribution in [2.75, 3.05) is 46.0 Å². The number of morpholine rings is 1. The van der Waals surface area contributed by atoms with Gasteiger partial charge in [0.2, 0.25) is 0 Å². The van der Waals surface area contributed by atoms with Crippen molar-refractivity contribution in [2.24, 2.45) is 0 Å². The van der Waals surface area contributed by atoms with Crippen LogP contribution in [0.15, 0.2) is 24.3 Å². The lowest BCUT2D eigenvalue weighted by Gasteiger charge is -2.48. The first kappa shape index (κ1) is 20.1. The van der Waals surface area contributed by atoms with Crippen molar-refractivity contribution in [3.8, 4) is 11.8 Å². The number of nitrogens with one attached hydrogen (secondary N) is 1. The topological polar surface area (TPSA) is 77.8 Å². The van der Waals surface area contributed by atoms with Crippen molar-refractivity contribution in [2.45, 2.75) is 43.7 Å². The highest BCUT2D eigenvalue weighted by Crippen LogP contribution is 2.33. The summed E-state index contributed by atoms with van der Waals surface area (Å²) in [5.74, 6) is 0.671. The Bertz CT molecular complexity index is 602. The van der Waals surface area contributed by atoms with Crippen LogP contribution in [0.25, 0.3) is 0 Å². The van der Waals surface area contributed by atoms with Crippen LogP contribution >= 0.6 is 0 Å². The van der Waals surface area contributed by atoms with Crippen LogP contribution in [-0.2, 0) is 4.74 Å². The molecule has 0 unspecified atom stereocenters. The van der Waals surface area contributed by atoms with Gasteiger partial charge in [-0.1, -0.05) is 19.3 Å². The lowest BCUT2D eigenvalue weighted by Crippen LogP contribution is -2.59. The summed E-state index contributed by atoms with van der Waals surface area (Å²) in [6.45, 7) is 5.32. The molecule has 3 rings (SSSR count). The highest BCUT2D eigenvalue weighted by Gasteiger charge is 2.38. The van der Waals surface area contributed by atoms with E-state index in [0.29, 0.717) is 17.9 Å². The van der Waals surface area contributed by atoms with Crippen LogP contribution < -0.4 is 10.1 Å². The Labute approximate surface area is 162 Å². The molecule has 0 amide bonds. The van der Waals surface area contributed by atoms with Crippen LogP contribution in [-0.4, -0.2) is 67.6 Å². The zero-order valence-electron chi connectivity index (χ0n) is 16.0. The minimum atomic E-state index is -0.564. The fourth-order valence-corrected chi connectivity index (χ4v) is 4.20. The number of hydrogen-bond acceptors (Lipinski definition) is 6. The number of rotatable bonds is 8. The van der Waals surface area contributed by atoms with E-state index in [1.165, 1.54) is 32.1 Å². The van der Waals surface area contributed by atoms with Crippen LogP contribution in [0.5, 0.6) is 5.75 Å². The fraction of sp³-hybridized carbons (Fsp3) is 0.667. The van der Waals surface area contributed by atoms with Crippen molar-refractivity contribution in [3.63, 3.8) is 0 Å². The predicted molar refractivity (Wildman–Crippen MR) is 104 cm³/mol. The van der Waals surface area contributed by atoms with Crippen molar-refractivity contribution in [3.05, 3.63) is 29.8 Å². The summed E-state index contributed by atoms with van der Waals surface area (Å²) in [7, 11) is 0. The maximum Gasteiger partial charge on any atom is 0.119 e. The number of benzene rings is 1. The zero-order valence-corrected chi connectivity index (χ0v) is 16.0. The molecule has 1 heterocycles. The maximum absolute atomic E-state index is 10.3. The lowest BCUT2D eigenvalue weighted by molar-refractivity contribution is -0.0378. The van der Waals surface area contributed by atoms with Gasteiger partial charge < -0.3 is 19.9 Å². The van der Waals surface area contributed by atoms with Gasteiger partial charge in [0.25, 0.3) is 0 Å². The van der Waals surface area contributed by atoms with Gasteiger partial charge in [-0.2, -0.15) is 5.26 Å². The average molecular weight is 373 g/mol. The molecule has 6 heteroatoms. The quantitative estimate of drug-likeness (QED) is 0.725. The number of aliphatic hydroxyl groups is 1. The third kappa shape index (κ3) is 5.66. The van der Waals surface area contributed by atoms with Gasteiger partial charge in [-0.15, -0.1) is 0 Å². The summed E-state index contributed by atoms with van der Waals surface area (Å²) in [5, 5.41) is 22.6. The van der Waals surface area contributed by atoms with Gasteiger partial charge in [0.1, 0.15) is 18.5 Å². The molecule has 0 radical (unpaired) electrons. The summed E-state index contributed by atoms with van der Waals surface area (Å²) < 4.78 is 11.2. The Kier molecular flexibility index (Phi) is 7.48. The Hall–Kier alpha value is -1.65. The van der Waals surface area contributed by atoms with Gasteiger partial charge in [-0.3, -0.25) is 4.90 Å². The highest BCUT2D eigenvalue weighted by atomic mass is 16.5. The molecule has 0 aromatic heterocycles. The average Bonchev–Trinajstić information content (AvgIpc) is 2.74. The van der Waals surface area contributed by atoms with E-state index in [9.17, 15) is 5.11 Å². The van der Waals surface area contributed by atoms with Crippen LogP contribution in [0.4, 0.5) is 0 Å². The van der Waals surface area contributed by atoms with Gasteiger partial charge in [0.15, 0.2) is 0 Å². The molecular weight excluding hydrogens is 342 g/mol. The van der Waals surface area contributed by atoms with E-state index in [0.717, 1.165) is 32.8 Å². The van der Waals surface area contributed by atoms with E-state index in [2.05, 4.69) is 16.3 Å².